The van der Waals surface area contributed by atoms with Gasteiger partial charge in [-0.3, -0.25) is 9.48 Å². The standard InChI is InChI=1S/C15H18N2O2/c1-3-9-17-11-13(10-16-17)15(18)12-5-7-14(8-6-12)19-4-2/h5-8,10-11H,3-4,9H2,1-2H3. The molecule has 1 aromatic carbocycles. The predicted molar refractivity (Wildman–Crippen MR) is 73.6 cm³/mol. The van der Waals surface area contributed by atoms with Crippen molar-refractivity contribution in [2.45, 2.75) is 26.8 Å². The molecule has 19 heavy (non-hydrogen) atoms. The molecule has 4 heteroatoms. The van der Waals surface area contributed by atoms with Crippen LogP contribution in [0.15, 0.2) is 36.7 Å². The van der Waals surface area contributed by atoms with E-state index < -0.39 is 0 Å². The summed E-state index contributed by atoms with van der Waals surface area (Å²) in [6.45, 7) is 5.46. The Balaban J connectivity index is 2.13. The lowest BCUT2D eigenvalue weighted by Crippen LogP contribution is -2.01. The summed E-state index contributed by atoms with van der Waals surface area (Å²) < 4.78 is 7.15. The molecule has 2 aromatic rings. The monoisotopic (exact) mass is 258 g/mol. The lowest BCUT2D eigenvalue weighted by atomic mass is 10.1. The van der Waals surface area contributed by atoms with Crippen LogP contribution in [0.2, 0.25) is 0 Å². The Morgan fingerprint density at radius 1 is 1.21 bits per heavy atom. The second kappa shape index (κ2) is 6.18. The van der Waals surface area contributed by atoms with E-state index in [0.29, 0.717) is 17.7 Å². The van der Waals surface area contributed by atoms with Crippen molar-refractivity contribution in [1.29, 1.82) is 0 Å². The van der Waals surface area contributed by atoms with Gasteiger partial charge in [0, 0.05) is 18.3 Å². The van der Waals surface area contributed by atoms with E-state index in [-0.39, 0.29) is 5.78 Å². The molecule has 1 aromatic heterocycles. The first-order chi connectivity index (χ1) is 9.24. The van der Waals surface area contributed by atoms with Gasteiger partial charge in [-0.2, -0.15) is 5.10 Å². The minimum atomic E-state index is -0.00889. The average Bonchev–Trinajstić information content (AvgIpc) is 2.88. The van der Waals surface area contributed by atoms with Gasteiger partial charge in [0.1, 0.15) is 5.75 Å². The van der Waals surface area contributed by atoms with Crippen molar-refractivity contribution in [2.24, 2.45) is 0 Å². The maximum absolute atomic E-state index is 12.2. The molecule has 0 N–H and O–H groups in total. The van der Waals surface area contributed by atoms with E-state index in [1.807, 2.05) is 19.1 Å². The van der Waals surface area contributed by atoms with Crippen molar-refractivity contribution in [1.82, 2.24) is 9.78 Å². The highest BCUT2D eigenvalue weighted by Crippen LogP contribution is 2.15. The zero-order chi connectivity index (χ0) is 13.7. The quantitative estimate of drug-likeness (QED) is 0.748. The van der Waals surface area contributed by atoms with Crippen molar-refractivity contribution in [3.8, 4) is 5.75 Å². The molecular weight excluding hydrogens is 240 g/mol. The lowest BCUT2D eigenvalue weighted by molar-refractivity contribution is 0.103. The summed E-state index contributed by atoms with van der Waals surface area (Å²) in [5, 5.41) is 4.17. The van der Waals surface area contributed by atoms with Gasteiger partial charge in [0.2, 0.25) is 0 Å². The Hall–Kier alpha value is -2.10. The number of ether oxygens (including phenoxy) is 1. The van der Waals surface area contributed by atoms with Crippen LogP contribution in [-0.2, 0) is 6.54 Å². The highest BCUT2D eigenvalue weighted by Gasteiger charge is 2.11. The maximum atomic E-state index is 12.2. The molecule has 0 saturated carbocycles. The summed E-state index contributed by atoms with van der Waals surface area (Å²) in [5.41, 5.74) is 1.28. The number of aryl methyl sites for hydroxylation is 1. The van der Waals surface area contributed by atoms with Crippen LogP contribution >= 0.6 is 0 Å². The van der Waals surface area contributed by atoms with Crippen LogP contribution < -0.4 is 4.74 Å². The van der Waals surface area contributed by atoms with Crippen molar-refractivity contribution in [2.75, 3.05) is 6.61 Å². The van der Waals surface area contributed by atoms with Gasteiger partial charge < -0.3 is 4.74 Å². The molecule has 0 aliphatic carbocycles. The van der Waals surface area contributed by atoms with Crippen molar-refractivity contribution in [3.05, 3.63) is 47.8 Å². The fraction of sp³-hybridized carbons (Fsp3) is 0.333. The van der Waals surface area contributed by atoms with E-state index in [1.54, 1.807) is 29.2 Å². The van der Waals surface area contributed by atoms with E-state index in [9.17, 15) is 4.79 Å². The molecule has 0 amide bonds. The van der Waals surface area contributed by atoms with Crippen molar-refractivity contribution < 1.29 is 9.53 Å². The molecule has 0 fully saturated rings. The van der Waals surface area contributed by atoms with Gasteiger partial charge in [-0.05, 0) is 37.6 Å². The van der Waals surface area contributed by atoms with E-state index in [2.05, 4.69) is 12.0 Å². The number of carbonyl (C=O) groups excluding carboxylic acids is 1. The largest absolute Gasteiger partial charge is 0.494 e. The minimum Gasteiger partial charge on any atom is -0.494 e. The molecular formula is C15H18N2O2. The number of benzene rings is 1. The molecule has 0 spiro atoms. The van der Waals surface area contributed by atoms with Gasteiger partial charge in [0.25, 0.3) is 0 Å². The van der Waals surface area contributed by atoms with Crippen molar-refractivity contribution in [3.63, 3.8) is 0 Å². The van der Waals surface area contributed by atoms with Crippen molar-refractivity contribution >= 4 is 5.78 Å². The molecule has 0 aliphatic rings. The number of ketones is 1. The number of carbonyl (C=O) groups is 1. The van der Waals surface area contributed by atoms with Gasteiger partial charge in [-0.15, -0.1) is 0 Å². The second-order valence-corrected chi connectivity index (χ2v) is 4.28. The molecule has 0 atom stereocenters. The van der Waals surface area contributed by atoms with Crippen LogP contribution in [0.4, 0.5) is 0 Å². The fourth-order valence-electron chi connectivity index (χ4n) is 1.87. The third kappa shape index (κ3) is 3.22. The van der Waals surface area contributed by atoms with E-state index in [4.69, 9.17) is 4.74 Å². The highest BCUT2D eigenvalue weighted by molar-refractivity contribution is 6.08. The zero-order valence-corrected chi connectivity index (χ0v) is 11.3. The summed E-state index contributed by atoms with van der Waals surface area (Å²) in [5.74, 6) is 0.770. The van der Waals surface area contributed by atoms with E-state index in [0.717, 1.165) is 18.7 Å². The predicted octanol–water partition coefficient (Wildman–Crippen LogP) is 2.92. The number of rotatable bonds is 6. The van der Waals surface area contributed by atoms with E-state index >= 15 is 0 Å². The molecule has 1 heterocycles. The van der Waals surface area contributed by atoms with Crippen LogP contribution in [-0.4, -0.2) is 22.2 Å². The Bertz CT molecular complexity index is 544. The summed E-state index contributed by atoms with van der Waals surface area (Å²) in [6, 6.07) is 7.19. The number of hydrogen-bond donors (Lipinski definition) is 0. The topological polar surface area (TPSA) is 44.1 Å². The third-order valence-corrected chi connectivity index (χ3v) is 2.78. The first-order valence-electron chi connectivity index (χ1n) is 6.54. The van der Waals surface area contributed by atoms with Crippen LogP contribution in [0.3, 0.4) is 0 Å². The highest BCUT2D eigenvalue weighted by atomic mass is 16.5. The molecule has 4 nitrogen and oxygen atoms in total. The molecule has 0 bridgehead atoms. The molecule has 0 aliphatic heterocycles. The number of aromatic nitrogens is 2. The Kier molecular flexibility index (Phi) is 4.34. The molecule has 0 radical (unpaired) electrons. The third-order valence-electron chi connectivity index (χ3n) is 2.78. The summed E-state index contributed by atoms with van der Waals surface area (Å²) in [6.07, 6.45) is 4.41. The summed E-state index contributed by atoms with van der Waals surface area (Å²) >= 11 is 0. The number of hydrogen-bond acceptors (Lipinski definition) is 3. The molecule has 2 rings (SSSR count). The summed E-state index contributed by atoms with van der Waals surface area (Å²) in [4.78, 5) is 12.2. The molecule has 0 unspecified atom stereocenters. The van der Waals surface area contributed by atoms with Gasteiger partial charge in [-0.25, -0.2) is 0 Å². The minimum absolute atomic E-state index is 0.00889. The summed E-state index contributed by atoms with van der Waals surface area (Å²) in [7, 11) is 0. The first-order valence-corrected chi connectivity index (χ1v) is 6.54. The van der Waals surface area contributed by atoms with Gasteiger partial charge in [0.15, 0.2) is 5.78 Å². The average molecular weight is 258 g/mol. The maximum Gasteiger partial charge on any atom is 0.196 e. The van der Waals surface area contributed by atoms with Crippen LogP contribution in [0.5, 0.6) is 5.75 Å². The van der Waals surface area contributed by atoms with Gasteiger partial charge >= 0.3 is 0 Å². The fourth-order valence-corrected chi connectivity index (χ4v) is 1.87. The zero-order valence-electron chi connectivity index (χ0n) is 11.3. The normalized spacial score (nSPS) is 10.4. The second-order valence-electron chi connectivity index (χ2n) is 4.28. The smallest absolute Gasteiger partial charge is 0.196 e. The molecule has 0 saturated heterocycles. The Morgan fingerprint density at radius 2 is 1.95 bits per heavy atom. The number of nitrogens with zero attached hydrogens (tertiary/aromatic N) is 2. The van der Waals surface area contributed by atoms with Crippen LogP contribution in [0, 0.1) is 0 Å². The Morgan fingerprint density at radius 3 is 2.58 bits per heavy atom. The molecule has 100 valence electrons. The van der Waals surface area contributed by atoms with Crippen LogP contribution in [0.25, 0.3) is 0 Å². The van der Waals surface area contributed by atoms with Gasteiger partial charge in [0.05, 0.1) is 18.4 Å². The SMILES string of the molecule is CCCn1cc(C(=O)c2ccc(OCC)cc2)cn1. The van der Waals surface area contributed by atoms with Gasteiger partial charge in [-0.1, -0.05) is 6.92 Å². The lowest BCUT2D eigenvalue weighted by Gasteiger charge is -2.03. The Labute approximate surface area is 113 Å². The van der Waals surface area contributed by atoms with E-state index in [1.165, 1.54) is 0 Å². The first kappa shape index (κ1) is 13.3. The van der Waals surface area contributed by atoms with Crippen LogP contribution in [0.1, 0.15) is 36.2 Å².